The van der Waals surface area contributed by atoms with Gasteiger partial charge in [0.2, 0.25) is 0 Å². The number of aliphatic hydroxyl groups excluding tert-OH is 1. The number of aliphatic hydroxyl groups is 1. The summed E-state index contributed by atoms with van der Waals surface area (Å²) >= 11 is 0. The Morgan fingerprint density at radius 3 is 3.00 bits per heavy atom. The van der Waals surface area contributed by atoms with Crippen molar-refractivity contribution in [2.75, 3.05) is 6.61 Å². The largest absolute Gasteiger partial charge is 0.494 e. The van der Waals surface area contributed by atoms with Gasteiger partial charge in [-0.3, -0.25) is 4.79 Å². The van der Waals surface area contributed by atoms with E-state index in [-0.39, 0.29) is 11.7 Å². The van der Waals surface area contributed by atoms with Gasteiger partial charge in [-0.15, -0.1) is 0 Å². The van der Waals surface area contributed by atoms with Crippen LogP contribution in [-0.4, -0.2) is 23.6 Å². The van der Waals surface area contributed by atoms with Gasteiger partial charge in [0.1, 0.15) is 17.3 Å². The van der Waals surface area contributed by atoms with Crippen molar-refractivity contribution in [3.63, 3.8) is 0 Å². The Hall–Kier alpha value is -2.33. The fraction of sp³-hybridized carbons (Fsp3) is 0.278. The molecule has 2 bridgehead atoms. The molecule has 0 aromatic heterocycles. The van der Waals surface area contributed by atoms with Crippen LogP contribution in [0.5, 0.6) is 11.5 Å². The maximum absolute atomic E-state index is 11.6. The van der Waals surface area contributed by atoms with E-state index in [1.54, 1.807) is 6.08 Å². The molecule has 4 aliphatic rings. The minimum atomic E-state index is -0.517. The number of allylic oxidation sites excluding steroid dienone is 3. The molecule has 1 aromatic rings. The quantitative estimate of drug-likeness (QED) is 0.911. The fourth-order valence-electron chi connectivity index (χ4n) is 3.24. The average molecular weight is 296 g/mol. The van der Waals surface area contributed by atoms with Crippen molar-refractivity contribution in [2.45, 2.75) is 25.4 Å². The van der Waals surface area contributed by atoms with Gasteiger partial charge < -0.3 is 14.6 Å². The SMILES string of the molecule is CCOc1ccc2c(c1)OC1=CC(=O)C=C/C1=C1/CC2C1O. The maximum atomic E-state index is 11.6. The van der Waals surface area contributed by atoms with Gasteiger partial charge in [0, 0.05) is 29.2 Å². The standard InChI is InChI=1S/C18H16O4/c1-2-21-11-4-6-13-15-9-14(18(15)20)12-5-3-10(19)7-16(12)22-17(13)8-11/h3-8,15,18,20H,2,9H2,1H3/b14-12+. The summed E-state index contributed by atoms with van der Waals surface area (Å²) in [6.07, 6.45) is 5.00. The Morgan fingerprint density at radius 2 is 2.23 bits per heavy atom. The number of hydrogen-bond acceptors (Lipinski definition) is 4. The van der Waals surface area contributed by atoms with Gasteiger partial charge in [-0.05, 0) is 37.1 Å². The van der Waals surface area contributed by atoms with Crippen LogP contribution in [0.3, 0.4) is 0 Å². The second-order valence-electron chi connectivity index (χ2n) is 5.67. The lowest BCUT2D eigenvalue weighted by Crippen LogP contribution is -2.36. The molecule has 4 heteroatoms. The molecule has 1 aromatic carbocycles. The highest BCUT2D eigenvalue weighted by molar-refractivity contribution is 6.02. The topological polar surface area (TPSA) is 55.8 Å². The molecule has 0 radical (unpaired) electrons. The summed E-state index contributed by atoms with van der Waals surface area (Å²) in [5, 5.41) is 10.5. The zero-order valence-electron chi connectivity index (χ0n) is 12.2. The summed E-state index contributed by atoms with van der Waals surface area (Å²) in [5.41, 5.74) is 2.73. The highest BCUT2D eigenvalue weighted by Gasteiger charge is 2.42. The van der Waals surface area contributed by atoms with E-state index in [0.717, 1.165) is 28.9 Å². The molecule has 2 aliphatic carbocycles. The fourth-order valence-corrected chi connectivity index (χ4v) is 3.24. The second-order valence-corrected chi connectivity index (χ2v) is 5.67. The van der Waals surface area contributed by atoms with E-state index in [4.69, 9.17) is 9.47 Å². The van der Waals surface area contributed by atoms with Crippen molar-refractivity contribution in [2.24, 2.45) is 0 Å². The first-order chi connectivity index (χ1) is 10.7. The first-order valence-electron chi connectivity index (χ1n) is 7.47. The number of ether oxygens (including phenoxy) is 2. The zero-order chi connectivity index (χ0) is 15.3. The van der Waals surface area contributed by atoms with Gasteiger partial charge in [-0.1, -0.05) is 6.07 Å². The summed E-state index contributed by atoms with van der Waals surface area (Å²) in [4.78, 5) is 11.6. The number of benzene rings is 1. The minimum absolute atomic E-state index is 0.0424. The highest BCUT2D eigenvalue weighted by Crippen LogP contribution is 2.50. The van der Waals surface area contributed by atoms with Crippen LogP contribution in [0.25, 0.3) is 0 Å². The Morgan fingerprint density at radius 1 is 1.36 bits per heavy atom. The van der Waals surface area contributed by atoms with Crippen LogP contribution in [0.1, 0.15) is 24.8 Å². The summed E-state index contributed by atoms with van der Waals surface area (Å²) in [7, 11) is 0. The van der Waals surface area contributed by atoms with E-state index in [1.165, 1.54) is 12.2 Å². The lowest BCUT2D eigenvalue weighted by Gasteiger charge is -2.41. The summed E-state index contributed by atoms with van der Waals surface area (Å²) in [5.74, 6) is 1.82. The van der Waals surface area contributed by atoms with Gasteiger partial charge in [-0.2, -0.15) is 0 Å². The van der Waals surface area contributed by atoms with Crippen LogP contribution in [0.15, 0.2) is 53.3 Å². The molecule has 1 saturated carbocycles. The van der Waals surface area contributed by atoms with Crippen molar-refractivity contribution in [1.29, 1.82) is 0 Å². The lowest BCUT2D eigenvalue weighted by atomic mass is 9.69. The molecule has 1 N–H and O–H groups in total. The second kappa shape index (κ2) is 4.85. The monoisotopic (exact) mass is 296 g/mol. The number of hydrogen-bond donors (Lipinski definition) is 1. The van der Waals surface area contributed by atoms with E-state index in [0.29, 0.717) is 18.1 Å². The normalized spacial score (nSPS) is 28.5. The van der Waals surface area contributed by atoms with E-state index in [2.05, 4.69) is 0 Å². The van der Waals surface area contributed by atoms with E-state index < -0.39 is 6.10 Å². The molecule has 2 aliphatic heterocycles. The van der Waals surface area contributed by atoms with Gasteiger partial charge >= 0.3 is 0 Å². The van der Waals surface area contributed by atoms with Gasteiger partial charge in [-0.25, -0.2) is 0 Å². The number of carbonyl (C=O) groups excluding carboxylic acids is 1. The minimum Gasteiger partial charge on any atom is -0.494 e. The molecule has 5 rings (SSSR count). The van der Waals surface area contributed by atoms with E-state index in [1.807, 2.05) is 25.1 Å². The Balaban J connectivity index is 1.84. The molecule has 2 atom stereocenters. The number of carbonyl (C=O) groups is 1. The Labute approximate surface area is 128 Å². The van der Waals surface area contributed by atoms with Crippen molar-refractivity contribution in [1.82, 2.24) is 0 Å². The van der Waals surface area contributed by atoms with E-state index in [9.17, 15) is 9.90 Å². The number of rotatable bonds is 2. The van der Waals surface area contributed by atoms with Gasteiger partial charge in [0.15, 0.2) is 5.78 Å². The molecule has 4 nitrogen and oxygen atoms in total. The van der Waals surface area contributed by atoms with E-state index >= 15 is 0 Å². The summed E-state index contributed by atoms with van der Waals surface area (Å²) in [6, 6.07) is 5.66. The van der Waals surface area contributed by atoms with Crippen molar-refractivity contribution in [3.05, 3.63) is 58.9 Å². The summed E-state index contributed by atoms with van der Waals surface area (Å²) in [6.45, 7) is 2.50. The first-order valence-corrected chi connectivity index (χ1v) is 7.47. The van der Waals surface area contributed by atoms with Gasteiger partial charge in [0.25, 0.3) is 0 Å². The van der Waals surface area contributed by atoms with Gasteiger partial charge in [0.05, 0.1) is 12.7 Å². The molecule has 22 heavy (non-hydrogen) atoms. The van der Waals surface area contributed by atoms with Crippen LogP contribution in [-0.2, 0) is 4.79 Å². The Kier molecular flexibility index (Phi) is 2.94. The molecular weight excluding hydrogens is 280 g/mol. The van der Waals surface area contributed by atoms with Crippen LogP contribution in [0.4, 0.5) is 0 Å². The van der Waals surface area contributed by atoms with Crippen LogP contribution in [0.2, 0.25) is 0 Å². The molecule has 2 heterocycles. The molecule has 2 unspecified atom stereocenters. The first kappa shape index (κ1) is 13.3. The lowest BCUT2D eigenvalue weighted by molar-refractivity contribution is -0.110. The molecular formula is C18H16O4. The molecule has 1 fully saturated rings. The van der Waals surface area contributed by atoms with Crippen LogP contribution >= 0.6 is 0 Å². The maximum Gasteiger partial charge on any atom is 0.182 e. The third-order valence-corrected chi connectivity index (χ3v) is 4.39. The third kappa shape index (κ3) is 1.91. The van der Waals surface area contributed by atoms with Crippen LogP contribution < -0.4 is 9.47 Å². The predicted molar refractivity (Wildman–Crippen MR) is 80.9 cm³/mol. The molecule has 0 spiro atoms. The van der Waals surface area contributed by atoms with Crippen molar-refractivity contribution in [3.8, 4) is 11.5 Å². The smallest absolute Gasteiger partial charge is 0.182 e. The highest BCUT2D eigenvalue weighted by atomic mass is 16.5. The molecule has 0 amide bonds. The van der Waals surface area contributed by atoms with Crippen molar-refractivity contribution >= 4 is 5.78 Å². The third-order valence-electron chi connectivity index (χ3n) is 4.39. The van der Waals surface area contributed by atoms with Crippen molar-refractivity contribution < 1.29 is 19.4 Å². The molecule has 112 valence electrons. The van der Waals surface area contributed by atoms with Crippen LogP contribution in [0, 0.1) is 0 Å². The Bertz CT molecular complexity index is 754. The average Bonchev–Trinajstić information content (AvgIpc) is 2.48. The summed E-state index contributed by atoms with van der Waals surface area (Å²) < 4.78 is 11.5. The molecule has 0 saturated heterocycles. The number of ketones is 1. The predicted octanol–water partition coefficient (Wildman–Crippen LogP) is 2.65. The zero-order valence-corrected chi connectivity index (χ0v) is 12.2.